The number of hydrazine groups is 2. The number of aldehydes is 1. The molecular formula is C36H71N3O3. The van der Waals surface area contributed by atoms with E-state index in [1.54, 1.807) is 0 Å². The third-order valence-corrected chi connectivity index (χ3v) is 8.29. The summed E-state index contributed by atoms with van der Waals surface area (Å²) < 4.78 is 0. The van der Waals surface area contributed by atoms with E-state index in [1.165, 1.54) is 146 Å². The molecule has 0 atom stereocenters. The van der Waals surface area contributed by atoms with Gasteiger partial charge in [-0.3, -0.25) is 20.4 Å². The molecular weight excluding hydrogens is 522 g/mol. The Kier molecular flexibility index (Phi) is 32.9. The molecule has 0 aromatic heterocycles. The van der Waals surface area contributed by atoms with Gasteiger partial charge in [-0.25, -0.2) is 0 Å². The lowest BCUT2D eigenvalue weighted by Gasteiger charge is -2.21. The van der Waals surface area contributed by atoms with Crippen LogP contribution in [-0.2, 0) is 14.4 Å². The van der Waals surface area contributed by atoms with Gasteiger partial charge in [-0.05, 0) is 12.8 Å². The Hall–Kier alpha value is -1.43. The van der Waals surface area contributed by atoms with Gasteiger partial charge in [0.25, 0.3) is 0 Å². The van der Waals surface area contributed by atoms with Crippen molar-refractivity contribution in [1.29, 1.82) is 0 Å². The molecule has 2 N–H and O–H groups in total. The van der Waals surface area contributed by atoms with E-state index in [0.717, 1.165) is 38.5 Å². The van der Waals surface area contributed by atoms with E-state index in [4.69, 9.17) is 0 Å². The van der Waals surface area contributed by atoms with Gasteiger partial charge in [-0.1, -0.05) is 181 Å². The quantitative estimate of drug-likeness (QED) is 0.0442. The summed E-state index contributed by atoms with van der Waals surface area (Å²) in [5.41, 5.74) is 5.36. The van der Waals surface area contributed by atoms with Crippen molar-refractivity contribution >= 4 is 18.1 Å². The first-order valence-corrected chi connectivity index (χ1v) is 18.4. The maximum Gasteiger partial charge on any atom is 0.235 e. The van der Waals surface area contributed by atoms with E-state index in [0.29, 0.717) is 19.1 Å². The Morgan fingerprint density at radius 2 is 0.667 bits per heavy atom. The largest absolute Gasteiger partial charge is 0.302 e. The van der Waals surface area contributed by atoms with Gasteiger partial charge in [0.05, 0.1) is 6.54 Å². The number of hydrogen-bond acceptors (Lipinski definition) is 4. The number of hydrogen-bond donors (Lipinski definition) is 2. The molecule has 0 aliphatic rings. The van der Waals surface area contributed by atoms with Gasteiger partial charge in [0.1, 0.15) is 6.29 Å². The van der Waals surface area contributed by atoms with Crippen molar-refractivity contribution in [3.8, 4) is 0 Å². The zero-order chi connectivity index (χ0) is 30.8. The predicted octanol–water partition coefficient (Wildman–Crippen LogP) is 10.3. The lowest BCUT2D eigenvalue weighted by Crippen LogP contribution is -2.53. The Labute approximate surface area is 261 Å². The van der Waals surface area contributed by atoms with Gasteiger partial charge in [-0.2, -0.15) is 0 Å². The highest BCUT2D eigenvalue weighted by Gasteiger charge is 2.12. The smallest absolute Gasteiger partial charge is 0.235 e. The molecule has 0 saturated carbocycles. The molecule has 0 bridgehead atoms. The molecule has 248 valence electrons. The second-order valence-electron chi connectivity index (χ2n) is 12.5. The maximum absolute atomic E-state index is 12.3. The van der Waals surface area contributed by atoms with Crippen LogP contribution in [0.1, 0.15) is 206 Å². The van der Waals surface area contributed by atoms with Crippen molar-refractivity contribution in [1.82, 2.24) is 16.0 Å². The van der Waals surface area contributed by atoms with Crippen molar-refractivity contribution in [2.75, 3.05) is 6.54 Å². The van der Waals surface area contributed by atoms with Crippen LogP contribution in [-0.4, -0.2) is 29.8 Å². The summed E-state index contributed by atoms with van der Waals surface area (Å²) in [4.78, 5) is 35.6. The molecule has 0 unspecified atom stereocenters. The van der Waals surface area contributed by atoms with Crippen LogP contribution in [0.2, 0.25) is 0 Å². The normalized spacial score (nSPS) is 11.2. The molecule has 2 amide bonds. The van der Waals surface area contributed by atoms with Crippen LogP contribution in [0.15, 0.2) is 0 Å². The van der Waals surface area contributed by atoms with Crippen LogP contribution < -0.4 is 10.9 Å². The molecule has 0 heterocycles. The first kappa shape index (κ1) is 40.6. The summed E-state index contributed by atoms with van der Waals surface area (Å²) >= 11 is 0. The van der Waals surface area contributed by atoms with Crippen molar-refractivity contribution in [2.45, 2.75) is 206 Å². The van der Waals surface area contributed by atoms with E-state index >= 15 is 0 Å². The minimum absolute atomic E-state index is 0.0467. The van der Waals surface area contributed by atoms with E-state index < -0.39 is 0 Å². The number of amides is 2. The molecule has 0 aliphatic heterocycles. The highest BCUT2D eigenvalue weighted by molar-refractivity contribution is 5.78. The van der Waals surface area contributed by atoms with Crippen LogP contribution in [0.25, 0.3) is 0 Å². The van der Waals surface area contributed by atoms with Crippen LogP contribution in [0.5, 0.6) is 0 Å². The maximum atomic E-state index is 12.3. The molecule has 0 rings (SSSR count). The fraction of sp³-hybridized carbons (Fsp3) is 0.917. The Morgan fingerprint density at radius 1 is 0.429 bits per heavy atom. The van der Waals surface area contributed by atoms with Crippen molar-refractivity contribution < 1.29 is 14.4 Å². The Morgan fingerprint density at radius 3 is 0.905 bits per heavy atom. The summed E-state index contributed by atoms with van der Waals surface area (Å²) in [6.45, 7) is 4.49. The Bertz CT molecular complexity index is 553. The van der Waals surface area contributed by atoms with Crippen molar-refractivity contribution in [2.24, 2.45) is 0 Å². The third-order valence-electron chi connectivity index (χ3n) is 8.29. The second kappa shape index (κ2) is 34.1. The zero-order valence-corrected chi connectivity index (χ0v) is 28.2. The fourth-order valence-electron chi connectivity index (χ4n) is 5.57. The third kappa shape index (κ3) is 31.5. The number of carbonyl (C=O) groups is 3. The minimum Gasteiger partial charge on any atom is -0.302 e. The summed E-state index contributed by atoms with van der Waals surface area (Å²) in [5, 5.41) is 1.24. The molecule has 6 heteroatoms. The number of unbranched alkanes of at least 4 members (excludes halogenated alkanes) is 26. The zero-order valence-electron chi connectivity index (χ0n) is 28.2. The van der Waals surface area contributed by atoms with Crippen LogP contribution >= 0.6 is 0 Å². The molecule has 0 saturated heterocycles. The van der Waals surface area contributed by atoms with E-state index in [1.807, 2.05) is 0 Å². The SMILES string of the molecule is CCCCCCCCCCCCCCCCC(=O)NN(CC=O)NC(=O)CCCCCCCCCCCCCCCC. The van der Waals surface area contributed by atoms with Gasteiger partial charge >= 0.3 is 0 Å². The topological polar surface area (TPSA) is 78.5 Å². The van der Waals surface area contributed by atoms with Gasteiger partial charge < -0.3 is 4.79 Å². The highest BCUT2D eigenvalue weighted by Crippen LogP contribution is 2.14. The first-order chi connectivity index (χ1) is 20.6. The predicted molar refractivity (Wildman–Crippen MR) is 179 cm³/mol. The average molecular weight is 594 g/mol. The molecule has 0 aromatic rings. The number of rotatable bonds is 34. The average Bonchev–Trinajstić information content (AvgIpc) is 2.97. The molecule has 0 spiro atoms. The highest BCUT2D eigenvalue weighted by atomic mass is 16.2. The standard InChI is InChI=1S/C36H71N3O3/c1-3-5-7-9-11-13-15-17-19-21-23-25-27-29-31-35(41)37-39(33-34-40)38-36(42)32-30-28-26-24-22-20-18-16-14-12-10-8-6-4-2/h34H,3-33H2,1-2H3,(H,37,41)(H,38,42). The van der Waals surface area contributed by atoms with Crippen LogP contribution in [0.4, 0.5) is 0 Å². The van der Waals surface area contributed by atoms with Crippen molar-refractivity contribution in [3.63, 3.8) is 0 Å². The summed E-state index contributed by atoms with van der Waals surface area (Å²) in [6, 6.07) is 0. The van der Waals surface area contributed by atoms with E-state index in [2.05, 4.69) is 24.7 Å². The summed E-state index contributed by atoms with van der Waals surface area (Å²) in [7, 11) is 0. The molecule has 6 nitrogen and oxygen atoms in total. The summed E-state index contributed by atoms with van der Waals surface area (Å²) in [6.07, 6.45) is 37.4. The fourth-order valence-corrected chi connectivity index (χ4v) is 5.57. The van der Waals surface area contributed by atoms with E-state index in [9.17, 15) is 14.4 Å². The van der Waals surface area contributed by atoms with Gasteiger partial charge in [0, 0.05) is 12.8 Å². The van der Waals surface area contributed by atoms with Gasteiger partial charge in [0.15, 0.2) is 0 Å². The minimum atomic E-state index is -0.146. The van der Waals surface area contributed by atoms with Crippen molar-refractivity contribution in [3.05, 3.63) is 0 Å². The number of nitrogens with one attached hydrogen (secondary N) is 2. The Balaban J connectivity index is 3.64. The molecule has 0 radical (unpaired) electrons. The number of nitrogens with zero attached hydrogens (tertiary/aromatic N) is 1. The van der Waals surface area contributed by atoms with Crippen LogP contribution in [0.3, 0.4) is 0 Å². The molecule has 0 fully saturated rings. The second-order valence-corrected chi connectivity index (χ2v) is 12.5. The number of carbonyl (C=O) groups excluding carboxylic acids is 3. The van der Waals surface area contributed by atoms with E-state index in [-0.39, 0.29) is 18.4 Å². The lowest BCUT2D eigenvalue weighted by molar-refractivity contribution is -0.134. The summed E-state index contributed by atoms with van der Waals surface area (Å²) in [5.74, 6) is -0.292. The molecule has 0 aromatic carbocycles. The van der Waals surface area contributed by atoms with Crippen LogP contribution in [0, 0.1) is 0 Å². The monoisotopic (exact) mass is 594 g/mol. The molecule has 42 heavy (non-hydrogen) atoms. The first-order valence-electron chi connectivity index (χ1n) is 18.4. The van der Waals surface area contributed by atoms with Gasteiger partial charge in [-0.15, -0.1) is 5.12 Å². The van der Waals surface area contributed by atoms with Gasteiger partial charge in [0.2, 0.25) is 11.8 Å². The molecule has 0 aliphatic carbocycles. The lowest BCUT2D eigenvalue weighted by atomic mass is 10.0.